The molecule has 1 aliphatic rings. The molecular formula is C18H17N3O. The summed E-state index contributed by atoms with van der Waals surface area (Å²) in [5.74, 6) is 0.184. The molecule has 110 valence electrons. The number of benzene rings is 1. The molecule has 0 N–H and O–H groups in total. The normalized spacial score (nSPS) is 14.5. The standard InChI is InChI=1S/C18H17N3O/c1-12-18(19-16-5-3-4-10-21(12)16)14-6-8-15-13(11-14)7-9-17(22)20(15)2/h3-6,8,10-11H,7,9H2,1-2H3. The quantitative estimate of drug-likeness (QED) is 0.690. The number of nitrogens with zero attached hydrogens (tertiary/aromatic N) is 3. The zero-order valence-corrected chi connectivity index (χ0v) is 12.7. The Kier molecular flexibility index (Phi) is 2.79. The minimum Gasteiger partial charge on any atom is -0.315 e. The van der Waals surface area contributed by atoms with Gasteiger partial charge in [0, 0.05) is 36.6 Å². The molecule has 0 fully saturated rings. The minimum atomic E-state index is 0.184. The van der Waals surface area contributed by atoms with Gasteiger partial charge in [-0.2, -0.15) is 0 Å². The predicted octanol–water partition coefficient (Wildman–Crippen LogP) is 3.22. The van der Waals surface area contributed by atoms with Gasteiger partial charge in [-0.25, -0.2) is 4.98 Å². The molecule has 2 aromatic heterocycles. The number of aromatic nitrogens is 2. The number of imidazole rings is 1. The Morgan fingerprint density at radius 1 is 1.14 bits per heavy atom. The van der Waals surface area contributed by atoms with Crippen molar-refractivity contribution in [3.05, 3.63) is 53.9 Å². The van der Waals surface area contributed by atoms with Gasteiger partial charge in [-0.15, -0.1) is 0 Å². The largest absolute Gasteiger partial charge is 0.315 e. The van der Waals surface area contributed by atoms with Crippen LogP contribution in [0, 0.1) is 6.92 Å². The van der Waals surface area contributed by atoms with E-state index in [1.54, 1.807) is 4.90 Å². The molecule has 0 bridgehead atoms. The molecular weight excluding hydrogens is 274 g/mol. The van der Waals surface area contributed by atoms with Crippen LogP contribution in [-0.4, -0.2) is 22.3 Å². The first-order valence-corrected chi connectivity index (χ1v) is 7.48. The van der Waals surface area contributed by atoms with E-state index >= 15 is 0 Å². The van der Waals surface area contributed by atoms with Gasteiger partial charge >= 0.3 is 0 Å². The second-order valence-corrected chi connectivity index (χ2v) is 5.77. The summed E-state index contributed by atoms with van der Waals surface area (Å²) < 4.78 is 2.10. The number of pyridine rings is 1. The number of carbonyl (C=O) groups is 1. The predicted molar refractivity (Wildman–Crippen MR) is 87.1 cm³/mol. The number of fused-ring (bicyclic) bond motifs is 2. The van der Waals surface area contributed by atoms with Crippen molar-refractivity contribution in [2.75, 3.05) is 11.9 Å². The van der Waals surface area contributed by atoms with Crippen LogP contribution in [0.25, 0.3) is 16.9 Å². The second kappa shape index (κ2) is 4.70. The highest BCUT2D eigenvalue weighted by atomic mass is 16.2. The molecule has 4 rings (SSSR count). The van der Waals surface area contributed by atoms with E-state index in [1.165, 1.54) is 5.56 Å². The third-order valence-corrected chi connectivity index (χ3v) is 4.47. The first kappa shape index (κ1) is 13.1. The summed E-state index contributed by atoms with van der Waals surface area (Å²) in [6.07, 6.45) is 3.42. The fourth-order valence-corrected chi connectivity index (χ4v) is 3.20. The second-order valence-electron chi connectivity index (χ2n) is 5.77. The Morgan fingerprint density at radius 3 is 2.82 bits per heavy atom. The highest BCUT2D eigenvalue weighted by molar-refractivity contribution is 5.96. The van der Waals surface area contributed by atoms with Crippen LogP contribution >= 0.6 is 0 Å². The SMILES string of the molecule is Cc1c(-c2ccc3c(c2)CCC(=O)N3C)nc2ccccn12. The van der Waals surface area contributed by atoms with Gasteiger partial charge in [0.15, 0.2) is 0 Å². The van der Waals surface area contributed by atoms with Crippen molar-refractivity contribution in [2.45, 2.75) is 19.8 Å². The molecule has 1 aromatic carbocycles. The Morgan fingerprint density at radius 2 is 2.00 bits per heavy atom. The maximum absolute atomic E-state index is 11.8. The summed E-state index contributed by atoms with van der Waals surface area (Å²) in [4.78, 5) is 18.3. The summed E-state index contributed by atoms with van der Waals surface area (Å²) in [5.41, 5.74) is 6.45. The highest BCUT2D eigenvalue weighted by Gasteiger charge is 2.21. The lowest BCUT2D eigenvalue weighted by Gasteiger charge is -2.26. The maximum atomic E-state index is 11.8. The molecule has 0 radical (unpaired) electrons. The number of rotatable bonds is 1. The molecule has 0 atom stereocenters. The molecule has 0 saturated carbocycles. The van der Waals surface area contributed by atoms with Crippen LogP contribution in [0.2, 0.25) is 0 Å². The third-order valence-electron chi connectivity index (χ3n) is 4.47. The molecule has 4 nitrogen and oxygen atoms in total. The van der Waals surface area contributed by atoms with Gasteiger partial charge in [0.2, 0.25) is 5.91 Å². The Bertz CT molecular complexity index is 894. The van der Waals surface area contributed by atoms with Crippen molar-refractivity contribution in [1.29, 1.82) is 0 Å². The van der Waals surface area contributed by atoms with Crippen molar-refractivity contribution >= 4 is 17.2 Å². The van der Waals surface area contributed by atoms with Crippen LogP contribution in [0.5, 0.6) is 0 Å². The Labute approximate surface area is 129 Å². The van der Waals surface area contributed by atoms with Crippen molar-refractivity contribution in [1.82, 2.24) is 9.38 Å². The van der Waals surface area contributed by atoms with Gasteiger partial charge in [0.25, 0.3) is 0 Å². The van der Waals surface area contributed by atoms with E-state index in [0.717, 1.165) is 34.7 Å². The van der Waals surface area contributed by atoms with E-state index in [4.69, 9.17) is 4.98 Å². The number of aryl methyl sites for hydroxylation is 2. The van der Waals surface area contributed by atoms with Gasteiger partial charge < -0.3 is 9.30 Å². The molecule has 3 heterocycles. The molecule has 0 spiro atoms. The van der Waals surface area contributed by atoms with E-state index in [9.17, 15) is 4.79 Å². The molecule has 4 heteroatoms. The van der Waals surface area contributed by atoms with Crippen LogP contribution in [0.1, 0.15) is 17.7 Å². The molecule has 3 aromatic rings. The number of hydrogen-bond acceptors (Lipinski definition) is 2. The lowest BCUT2D eigenvalue weighted by molar-refractivity contribution is -0.118. The summed E-state index contributed by atoms with van der Waals surface area (Å²) in [6.45, 7) is 2.09. The first-order valence-electron chi connectivity index (χ1n) is 7.48. The number of hydrogen-bond donors (Lipinski definition) is 0. The summed E-state index contributed by atoms with van der Waals surface area (Å²) >= 11 is 0. The van der Waals surface area contributed by atoms with Gasteiger partial charge in [0.05, 0.1) is 5.69 Å². The Hall–Kier alpha value is -2.62. The van der Waals surface area contributed by atoms with Crippen molar-refractivity contribution in [3.63, 3.8) is 0 Å². The van der Waals surface area contributed by atoms with Gasteiger partial charge in [-0.1, -0.05) is 12.1 Å². The summed E-state index contributed by atoms with van der Waals surface area (Å²) in [6, 6.07) is 12.3. The van der Waals surface area contributed by atoms with Crippen molar-refractivity contribution in [3.8, 4) is 11.3 Å². The average Bonchev–Trinajstić information content (AvgIpc) is 2.88. The smallest absolute Gasteiger partial charge is 0.227 e. The van der Waals surface area contributed by atoms with E-state index in [-0.39, 0.29) is 5.91 Å². The van der Waals surface area contributed by atoms with Crippen molar-refractivity contribution in [2.24, 2.45) is 0 Å². The van der Waals surface area contributed by atoms with Crippen LogP contribution in [0.4, 0.5) is 5.69 Å². The van der Waals surface area contributed by atoms with Crippen molar-refractivity contribution < 1.29 is 4.79 Å². The zero-order valence-electron chi connectivity index (χ0n) is 12.7. The highest BCUT2D eigenvalue weighted by Crippen LogP contribution is 2.32. The maximum Gasteiger partial charge on any atom is 0.227 e. The van der Waals surface area contributed by atoms with E-state index < -0.39 is 0 Å². The number of anilines is 1. The summed E-state index contributed by atoms with van der Waals surface area (Å²) in [7, 11) is 1.84. The lowest BCUT2D eigenvalue weighted by Crippen LogP contribution is -2.30. The fraction of sp³-hybridized carbons (Fsp3) is 0.222. The van der Waals surface area contributed by atoms with Crippen LogP contribution in [-0.2, 0) is 11.2 Å². The molecule has 1 amide bonds. The topological polar surface area (TPSA) is 37.6 Å². The molecule has 0 saturated heterocycles. The lowest BCUT2D eigenvalue weighted by atomic mass is 9.98. The number of carbonyl (C=O) groups excluding carboxylic acids is 1. The molecule has 0 aliphatic carbocycles. The van der Waals surface area contributed by atoms with Gasteiger partial charge in [0.1, 0.15) is 5.65 Å². The Balaban J connectivity index is 1.86. The van der Waals surface area contributed by atoms with E-state index in [0.29, 0.717) is 6.42 Å². The number of amides is 1. The first-order chi connectivity index (χ1) is 10.6. The molecule has 1 aliphatic heterocycles. The third kappa shape index (κ3) is 1.84. The zero-order chi connectivity index (χ0) is 15.3. The van der Waals surface area contributed by atoms with Gasteiger partial charge in [-0.05, 0) is 43.2 Å². The van der Waals surface area contributed by atoms with Gasteiger partial charge in [-0.3, -0.25) is 4.79 Å². The molecule has 22 heavy (non-hydrogen) atoms. The van der Waals surface area contributed by atoms with E-state index in [1.807, 2.05) is 37.5 Å². The van der Waals surface area contributed by atoms with Crippen LogP contribution in [0.15, 0.2) is 42.6 Å². The molecule has 0 unspecified atom stereocenters. The van der Waals surface area contributed by atoms with Crippen LogP contribution < -0.4 is 4.90 Å². The average molecular weight is 291 g/mol. The summed E-state index contributed by atoms with van der Waals surface area (Å²) in [5, 5.41) is 0. The fourth-order valence-electron chi connectivity index (χ4n) is 3.20. The monoisotopic (exact) mass is 291 g/mol. The van der Waals surface area contributed by atoms with E-state index in [2.05, 4.69) is 23.5 Å². The van der Waals surface area contributed by atoms with Crippen LogP contribution in [0.3, 0.4) is 0 Å². The minimum absolute atomic E-state index is 0.184.